The first-order valence-electron chi connectivity index (χ1n) is 9.66. The summed E-state index contributed by atoms with van der Waals surface area (Å²) in [7, 11) is -1.30. The number of rotatable bonds is 7. The van der Waals surface area contributed by atoms with Gasteiger partial charge in [0.25, 0.3) is 0 Å². The Balaban J connectivity index is 1.73. The van der Waals surface area contributed by atoms with Gasteiger partial charge in [0.15, 0.2) is 11.0 Å². The second-order valence-electron chi connectivity index (χ2n) is 6.83. The summed E-state index contributed by atoms with van der Waals surface area (Å²) in [6, 6.07) is 25.8. The summed E-state index contributed by atoms with van der Waals surface area (Å²) >= 11 is 3.72. The fourth-order valence-electron chi connectivity index (χ4n) is 3.37. The van der Waals surface area contributed by atoms with Crippen LogP contribution in [0.3, 0.4) is 0 Å². The SMILES string of the molecule is CCCc1cc2c(Br)c(OCc3ccccc3)ccc2n1S(=O)c1ccccc1. The van der Waals surface area contributed by atoms with E-state index >= 15 is 0 Å². The van der Waals surface area contributed by atoms with E-state index in [1.54, 1.807) is 0 Å². The number of benzene rings is 3. The number of ether oxygens (including phenoxy) is 1. The molecular weight excluding hydrogens is 446 g/mol. The highest BCUT2D eigenvalue weighted by Crippen LogP contribution is 2.36. The highest BCUT2D eigenvalue weighted by Gasteiger charge is 2.18. The summed E-state index contributed by atoms with van der Waals surface area (Å²) in [5.41, 5.74) is 3.12. The average molecular weight is 468 g/mol. The van der Waals surface area contributed by atoms with Gasteiger partial charge in [-0.1, -0.05) is 61.9 Å². The normalized spacial score (nSPS) is 12.2. The number of halogens is 1. The van der Waals surface area contributed by atoms with Crippen molar-refractivity contribution in [2.45, 2.75) is 31.3 Å². The lowest BCUT2D eigenvalue weighted by Crippen LogP contribution is -2.08. The molecule has 0 spiro atoms. The van der Waals surface area contributed by atoms with Crippen molar-refractivity contribution >= 4 is 37.8 Å². The van der Waals surface area contributed by atoms with E-state index < -0.39 is 11.0 Å². The number of aryl methyl sites for hydroxylation is 1. The Morgan fingerprint density at radius 1 is 0.966 bits per heavy atom. The minimum atomic E-state index is -1.30. The third kappa shape index (κ3) is 4.16. The van der Waals surface area contributed by atoms with Gasteiger partial charge in [-0.3, -0.25) is 3.97 Å². The number of aromatic nitrogens is 1. The molecule has 0 bridgehead atoms. The quantitative estimate of drug-likeness (QED) is 0.310. The Morgan fingerprint density at radius 2 is 1.66 bits per heavy atom. The second-order valence-corrected chi connectivity index (χ2v) is 8.95. The molecule has 0 fully saturated rings. The van der Waals surface area contributed by atoms with Crippen LogP contribution < -0.4 is 4.74 Å². The van der Waals surface area contributed by atoms with Gasteiger partial charge in [-0.2, -0.15) is 0 Å². The van der Waals surface area contributed by atoms with Gasteiger partial charge in [-0.15, -0.1) is 0 Å². The molecule has 1 heterocycles. The van der Waals surface area contributed by atoms with Crippen molar-refractivity contribution in [1.29, 1.82) is 0 Å². The molecule has 0 N–H and O–H groups in total. The fourth-order valence-corrected chi connectivity index (χ4v) is 5.23. The van der Waals surface area contributed by atoms with Gasteiger partial charge in [0, 0.05) is 11.1 Å². The predicted molar refractivity (Wildman–Crippen MR) is 123 cm³/mol. The van der Waals surface area contributed by atoms with Gasteiger partial charge in [-0.25, -0.2) is 4.21 Å². The maximum Gasteiger partial charge on any atom is 0.157 e. The van der Waals surface area contributed by atoms with E-state index in [0.717, 1.165) is 50.1 Å². The van der Waals surface area contributed by atoms with Gasteiger partial charge in [0.2, 0.25) is 0 Å². The van der Waals surface area contributed by atoms with Gasteiger partial charge in [0.1, 0.15) is 12.4 Å². The lowest BCUT2D eigenvalue weighted by atomic mass is 10.2. The zero-order valence-electron chi connectivity index (χ0n) is 16.2. The van der Waals surface area contributed by atoms with E-state index in [4.69, 9.17) is 4.74 Å². The number of hydrogen-bond donors (Lipinski definition) is 0. The molecule has 0 aliphatic rings. The first-order chi connectivity index (χ1) is 14.2. The van der Waals surface area contributed by atoms with Crippen LogP contribution in [0, 0.1) is 0 Å². The van der Waals surface area contributed by atoms with Crippen LogP contribution in [0.25, 0.3) is 10.9 Å². The molecular formula is C24H22BrNO2S. The predicted octanol–water partition coefficient (Wildman–Crippen LogP) is 6.51. The molecule has 0 saturated carbocycles. The van der Waals surface area contributed by atoms with Gasteiger partial charge >= 0.3 is 0 Å². The Kier molecular flexibility index (Phi) is 6.16. The monoisotopic (exact) mass is 467 g/mol. The third-order valence-corrected chi connectivity index (χ3v) is 7.02. The molecule has 148 valence electrons. The molecule has 0 amide bonds. The third-order valence-electron chi connectivity index (χ3n) is 4.77. The van der Waals surface area contributed by atoms with E-state index in [2.05, 4.69) is 28.9 Å². The van der Waals surface area contributed by atoms with Crippen LogP contribution in [0.2, 0.25) is 0 Å². The van der Waals surface area contributed by atoms with Gasteiger partial charge < -0.3 is 4.74 Å². The maximum absolute atomic E-state index is 13.4. The molecule has 0 saturated heterocycles. The first kappa shape index (κ1) is 19.9. The molecule has 4 rings (SSSR count). The molecule has 4 aromatic rings. The highest BCUT2D eigenvalue weighted by atomic mass is 79.9. The van der Waals surface area contributed by atoms with Crippen molar-refractivity contribution in [3.63, 3.8) is 0 Å². The lowest BCUT2D eigenvalue weighted by molar-refractivity contribution is 0.305. The van der Waals surface area contributed by atoms with Crippen LogP contribution in [-0.2, 0) is 24.0 Å². The second kappa shape index (κ2) is 8.97. The Hall–Kier alpha value is -2.37. The smallest absolute Gasteiger partial charge is 0.157 e. The van der Waals surface area contributed by atoms with Gasteiger partial charge in [0.05, 0.1) is 14.9 Å². The summed E-state index contributed by atoms with van der Waals surface area (Å²) < 4.78 is 22.2. The van der Waals surface area contributed by atoms with Crippen molar-refractivity contribution in [2.75, 3.05) is 0 Å². The van der Waals surface area contributed by atoms with Crippen LogP contribution in [0.4, 0.5) is 0 Å². The van der Waals surface area contributed by atoms with Crippen LogP contribution in [0.1, 0.15) is 24.6 Å². The van der Waals surface area contributed by atoms with Crippen molar-refractivity contribution in [2.24, 2.45) is 0 Å². The molecule has 29 heavy (non-hydrogen) atoms. The lowest BCUT2D eigenvalue weighted by Gasteiger charge is -2.12. The van der Waals surface area contributed by atoms with E-state index in [0.29, 0.717) is 6.61 Å². The van der Waals surface area contributed by atoms with Crippen LogP contribution in [0.15, 0.2) is 88.2 Å². The van der Waals surface area contributed by atoms with E-state index in [1.807, 2.05) is 76.8 Å². The summed E-state index contributed by atoms with van der Waals surface area (Å²) in [4.78, 5) is 0.794. The highest BCUT2D eigenvalue weighted by molar-refractivity contribution is 9.10. The fraction of sp³-hybridized carbons (Fsp3) is 0.167. The molecule has 5 heteroatoms. The minimum absolute atomic E-state index is 0.503. The zero-order valence-corrected chi connectivity index (χ0v) is 18.6. The van der Waals surface area contributed by atoms with E-state index in [9.17, 15) is 4.21 Å². The standard InChI is InChI=1S/C24H22BrNO2S/c1-2-9-19-16-21-22(26(19)29(27)20-12-7-4-8-13-20)14-15-23(24(21)25)28-17-18-10-5-3-6-11-18/h3-8,10-16H,2,9,17H2,1H3. The van der Waals surface area contributed by atoms with Crippen LogP contribution in [-0.4, -0.2) is 8.18 Å². The Labute approximate surface area is 182 Å². The summed E-state index contributed by atoms with van der Waals surface area (Å²) in [6.45, 7) is 2.64. The number of nitrogens with zero attached hydrogens (tertiary/aromatic N) is 1. The average Bonchev–Trinajstić information content (AvgIpc) is 3.13. The summed E-state index contributed by atoms with van der Waals surface area (Å²) in [6.07, 6.45) is 1.84. The summed E-state index contributed by atoms with van der Waals surface area (Å²) in [5, 5.41) is 1.02. The number of fused-ring (bicyclic) bond motifs is 1. The van der Waals surface area contributed by atoms with Crippen molar-refractivity contribution < 1.29 is 8.95 Å². The van der Waals surface area contributed by atoms with Crippen molar-refractivity contribution in [3.8, 4) is 5.75 Å². The molecule has 3 aromatic carbocycles. The molecule has 1 unspecified atom stereocenters. The van der Waals surface area contributed by atoms with E-state index in [1.165, 1.54) is 0 Å². The van der Waals surface area contributed by atoms with Gasteiger partial charge in [-0.05, 0) is 58.2 Å². The number of hydrogen-bond acceptors (Lipinski definition) is 2. The molecule has 0 aliphatic heterocycles. The topological polar surface area (TPSA) is 31.2 Å². The summed E-state index contributed by atoms with van der Waals surface area (Å²) in [5.74, 6) is 0.784. The largest absolute Gasteiger partial charge is 0.488 e. The molecule has 0 radical (unpaired) electrons. The Bertz CT molecular complexity index is 1140. The van der Waals surface area contributed by atoms with Crippen molar-refractivity contribution in [1.82, 2.24) is 3.97 Å². The molecule has 1 aromatic heterocycles. The molecule has 3 nitrogen and oxygen atoms in total. The van der Waals surface area contributed by atoms with Crippen molar-refractivity contribution in [3.05, 3.63) is 94.6 Å². The van der Waals surface area contributed by atoms with Crippen LogP contribution >= 0.6 is 15.9 Å². The molecule has 1 atom stereocenters. The zero-order chi connectivity index (χ0) is 20.2. The van der Waals surface area contributed by atoms with Crippen LogP contribution in [0.5, 0.6) is 5.75 Å². The van der Waals surface area contributed by atoms with E-state index in [-0.39, 0.29) is 0 Å². The first-order valence-corrected chi connectivity index (χ1v) is 11.6. The minimum Gasteiger partial charge on any atom is -0.488 e. The maximum atomic E-state index is 13.4. The Morgan fingerprint density at radius 3 is 2.34 bits per heavy atom. The molecule has 0 aliphatic carbocycles.